The fourth-order valence-corrected chi connectivity index (χ4v) is 4.78. The number of hydrogen-bond donors (Lipinski definition) is 2. The number of nitrogens with one attached hydrogen (secondary N) is 1. The molecule has 2 aromatic carbocycles. The molecule has 5 rings (SSSR count). The summed E-state index contributed by atoms with van der Waals surface area (Å²) in [5, 5.41) is 15.2. The number of pyridine rings is 1. The average molecular weight is 542 g/mol. The van der Waals surface area contributed by atoms with Crippen LogP contribution in [0.25, 0.3) is 28.1 Å². The minimum Gasteiger partial charge on any atom is -0.478 e. The quantitative estimate of drug-likeness (QED) is 0.194. The molecule has 5 nitrogen and oxygen atoms in total. The van der Waals surface area contributed by atoms with Gasteiger partial charge in [-0.2, -0.15) is 17.6 Å². The lowest BCUT2D eigenvalue weighted by atomic mass is 9.73. The van der Waals surface area contributed by atoms with Crippen molar-refractivity contribution in [1.29, 1.82) is 0 Å². The lowest BCUT2D eigenvalue weighted by Crippen LogP contribution is -2.19. The van der Waals surface area contributed by atoms with Gasteiger partial charge in [-0.05, 0) is 70.9 Å². The van der Waals surface area contributed by atoms with E-state index in [1.165, 1.54) is 12.3 Å². The van der Waals surface area contributed by atoms with Gasteiger partial charge in [-0.1, -0.05) is 48.4 Å². The molecule has 1 fully saturated rings. The number of benzene rings is 2. The molecule has 2 aromatic heterocycles. The summed E-state index contributed by atoms with van der Waals surface area (Å²) < 4.78 is 57.1. The highest BCUT2D eigenvalue weighted by atomic mass is 35.5. The van der Waals surface area contributed by atoms with Gasteiger partial charge in [0, 0.05) is 12.3 Å². The molecule has 0 saturated heterocycles. The summed E-state index contributed by atoms with van der Waals surface area (Å²) in [6.07, 6.45) is 1.09. The number of nitrogens with zero attached hydrogens (tertiary/aromatic N) is 2. The van der Waals surface area contributed by atoms with Gasteiger partial charge in [0.25, 0.3) is 0 Å². The van der Waals surface area contributed by atoms with Crippen molar-refractivity contribution in [1.82, 2.24) is 15.2 Å². The standard InChI is InChI=1S/C28H20ClF4N3O2/c29-19-13-21(28(31,32)33)26(34-14-19)25(16-2-1-3-16)24(17-7-4-15(5-8-17)6-11-23(37)38)18-9-10-22-20(12-18)27(30)36-35-22/h4-14,16H,1-3H2,(H,35,36)(H,37,38). The second-order valence-electron chi connectivity index (χ2n) is 9.03. The molecule has 2 N–H and O–H groups in total. The van der Waals surface area contributed by atoms with E-state index < -0.39 is 23.7 Å². The van der Waals surface area contributed by atoms with Crippen LogP contribution in [-0.2, 0) is 11.0 Å². The third-order valence-electron chi connectivity index (χ3n) is 6.62. The zero-order valence-electron chi connectivity index (χ0n) is 19.7. The summed E-state index contributed by atoms with van der Waals surface area (Å²) in [6.45, 7) is 0. The smallest absolute Gasteiger partial charge is 0.418 e. The van der Waals surface area contributed by atoms with Crippen LogP contribution in [0.2, 0.25) is 5.02 Å². The van der Waals surface area contributed by atoms with Crippen molar-refractivity contribution >= 4 is 45.7 Å². The van der Waals surface area contributed by atoms with Crippen LogP contribution >= 0.6 is 11.6 Å². The fraction of sp³-hybridized carbons (Fsp3) is 0.179. The number of hydrogen-bond acceptors (Lipinski definition) is 3. The number of aromatic amines is 1. The molecular formula is C28H20ClF4N3O2. The number of carboxylic acids is 1. The van der Waals surface area contributed by atoms with Gasteiger partial charge in [0.2, 0.25) is 5.95 Å². The van der Waals surface area contributed by atoms with E-state index in [0.717, 1.165) is 18.6 Å². The van der Waals surface area contributed by atoms with Gasteiger partial charge in [0.1, 0.15) is 0 Å². The van der Waals surface area contributed by atoms with Crippen molar-refractivity contribution in [3.05, 3.63) is 99.7 Å². The molecule has 38 heavy (non-hydrogen) atoms. The zero-order valence-corrected chi connectivity index (χ0v) is 20.4. The molecule has 194 valence electrons. The van der Waals surface area contributed by atoms with Gasteiger partial charge in [-0.15, -0.1) is 5.10 Å². The Hall–Kier alpha value is -3.98. The highest BCUT2D eigenvalue weighted by Crippen LogP contribution is 2.48. The Morgan fingerprint density at radius 1 is 1.08 bits per heavy atom. The molecule has 0 amide bonds. The van der Waals surface area contributed by atoms with E-state index in [-0.39, 0.29) is 22.0 Å². The van der Waals surface area contributed by atoms with Crippen molar-refractivity contribution in [2.45, 2.75) is 25.4 Å². The Labute approximate surface area is 219 Å². The van der Waals surface area contributed by atoms with E-state index in [1.807, 2.05) is 0 Å². The first-order valence-corrected chi connectivity index (χ1v) is 12.1. The summed E-state index contributed by atoms with van der Waals surface area (Å²) in [7, 11) is 0. The van der Waals surface area contributed by atoms with Crippen LogP contribution in [0.5, 0.6) is 0 Å². The summed E-state index contributed by atoms with van der Waals surface area (Å²) in [4.78, 5) is 15.1. The molecule has 10 heteroatoms. The van der Waals surface area contributed by atoms with E-state index in [1.54, 1.807) is 42.5 Å². The number of allylic oxidation sites excluding steroid dienone is 1. The third-order valence-corrected chi connectivity index (χ3v) is 6.83. The van der Waals surface area contributed by atoms with Crippen LogP contribution in [-0.4, -0.2) is 26.3 Å². The van der Waals surface area contributed by atoms with E-state index in [9.17, 15) is 22.4 Å². The maximum Gasteiger partial charge on any atom is 0.418 e. The second-order valence-corrected chi connectivity index (χ2v) is 9.47. The number of alkyl halides is 3. The molecule has 0 radical (unpaired) electrons. The maximum absolute atomic E-state index is 14.4. The van der Waals surface area contributed by atoms with Crippen LogP contribution in [0.4, 0.5) is 17.6 Å². The van der Waals surface area contributed by atoms with Crippen molar-refractivity contribution in [3.63, 3.8) is 0 Å². The normalized spacial score (nSPS) is 15.1. The SMILES string of the molecule is O=C(O)C=Cc1ccc(C(=C(c2ncc(Cl)cc2C(F)(F)F)C2CCC2)c2ccc3[nH]nc(F)c3c2)cc1. The summed E-state index contributed by atoms with van der Waals surface area (Å²) in [6, 6.07) is 12.5. The molecule has 1 saturated carbocycles. The fourth-order valence-electron chi connectivity index (χ4n) is 4.63. The highest BCUT2D eigenvalue weighted by Gasteiger charge is 2.39. The van der Waals surface area contributed by atoms with Gasteiger partial charge < -0.3 is 5.11 Å². The molecule has 2 heterocycles. The number of aromatic nitrogens is 3. The Kier molecular flexibility index (Phi) is 6.79. The number of aliphatic carboxylic acids is 1. The zero-order chi connectivity index (χ0) is 27.0. The van der Waals surface area contributed by atoms with Crippen LogP contribution in [0.15, 0.2) is 60.8 Å². The first-order chi connectivity index (χ1) is 18.1. The average Bonchev–Trinajstić information content (AvgIpc) is 3.21. The lowest BCUT2D eigenvalue weighted by molar-refractivity contribution is -0.138. The maximum atomic E-state index is 14.4. The molecule has 1 aliphatic carbocycles. The number of fused-ring (bicyclic) bond motifs is 1. The summed E-state index contributed by atoms with van der Waals surface area (Å²) >= 11 is 5.93. The van der Waals surface area contributed by atoms with Crippen molar-refractivity contribution in [3.8, 4) is 0 Å². The molecular weight excluding hydrogens is 522 g/mol. The van der Waals surface area contributed by atoms with Crippen LogP contribution < -0.4 is 0 Å². The molecule has 0 atom stereocenters. The topological polar surface area (TPSA) is 78.9 Å². The largest absolute Gasteiger partial charge is 0.478 e. The minimum absolute atomic E-state index is 0.132. The molecule has 1 aliphatic rings. The number of carbonyl (C=O) groups is 1. The number of H-pyrrole nitrogens is 1. The number of rotatable bonds is 6. The Morgan fingerprint density at radius 3 is 2.42 bits per heavy atom. The monoisotopic (exact) mass is 541 g/mol. The van der Waals surface area contributed by atoms with Crippen molar-refractivity contribution in [2.75, 3.05) is 0 Å². The summed E-state index contributed by atoms with van der Waals surface area (Å²) in [5.41, 5.74) is 1.84. The van der Waals surface area contributed by atoms with Gasteiger partial charge >= 0.3 is 12.1 Å². The van der Waals surface area contributed by atoms with Crippen LogP contribution in [0, 0.1) is 11.9 Å². The van der Waals surface area contributed by atoms with E-state index in [0.29, 0.717) is 46.2 Å². The highest BCUT2D eigenvalue weighted by molar-refractivity contribution is 6.30. The van der Waals surface area contributed by atoms with Crippen molar-refractivity contribution < 1.29 is 27.5 Å². The van der Waals surface area contributed by atoms with Crippen LogP contribution in [0.1, 0.15) is 47.2 Å². The lowest BCUT2D eigenvalue weighted by Gasteiger charge is -2.32. The Morgan fingerprint density at radius 2 is 1.79 bits per heavy atom. The Bertz CT molecular complexity index is 1590. The third kappa shape index (κ3) is 5.06. The predicted molar refractivity (Wildman–Crippen MR) is 137 cm³/mol. The second kappa shape index (κ2) is 10.1. The molecule has 0 unspecified atom stereocenters. The van der Waals surface area contributed by atoms with Gasteiger partial charge in [0.15, 0.2) is 0 Å². The minimum atomic E-state index is -4.71. The molecule has 4 aromatic rings. The van der Waals surface area contributed by atoms with Crippen molar-refractivity contribution in [2.24, 2.45) is 5.92 Å². The van der Waals surface area contributed by atoms with Gasteiger partial charge in [-0.25, -0.2) is 4.79 Å². The van der Waals surface area contributed by atoms with E-state index in [2.05, 4.69) is 15.2 Å². The van der Waals surface area contributed by atoms with E-state index >= 15 is 0 Å². The van der Waals surface area contributed by atoms with Gasteiger partial charge in [-0.3, -0.25) is 10.1 Å². The van der Waals surface area contributed by atoms with Gasteiger partial charge in [0.05, 0.1) is 27.2 Å². The van der Waals surface area contributed by atoms with E-state index in [4.69, 9.17) is 16.7 Å². The first kappa shape index (κ1) is 25.7. The molecule has 0 spiro atoms. The number of carboxylic acid groups (broad SMARTS) is 1. The summed E-state index contributed by atoms with van der Waals surface area (Å²) in [5.74, 6) is -2.04. The van der Waals surface area contributed by atoms with Crippen LogP contribution in [0.3, 0.4) is 0 Å². The predicted octanol–water partition coefficient (Wildman–Crippen LogP) is 7.63. The number of halogens is 5. The molecule has 0 bridgehead atoms. The Balaban J connectivity index is 1.81. The first-order valence-electron chi connectivity index (χ1n) is 11.7. The molecule has 0 aliphatic heterocycles.